The predicted octanol–water partition coefficient (Wildman–Crippen LogP) is 9.10. The van der Waals surface area contributed by atoms with Crippen molar-refractivity contribution >= 4 is 45.3 Å². The number of carboxylic acid groups (broad SMARTS) is 2. The fourth-order valence-electron chi connectivity index (χ4n) is 7.69. The molecule has 8 heteroatoms. The first-order valence-electron chi connectivity index (χ1n) is 17.9. The number of aliphatic carboxylic acids is 2. The molecule has 0 spiro atoms. The Morgan fingerprint density at radius 2 is 1.57 bits per heavy atom. The minimum atomic E-state index is -1.23. The maximum atomic E-state index is 12.7. The van der Waals surface area contributed by atoms with Crippen molar-refractivity contribution in [1.82, 2.24) is 4.98 Å². The smallest absolute Gasteiger partial charge is 0.331 e. The van der Waals surface area contributed by atoms with Gasteiger partial charge in [0.1, 0.15) is 16.9 Å². The van der Waals surface area contributed by atoms with E-state index in [1.54, 1.807) is 0 Å². The second kappa shape index (κ2) is 15.8. The molecule has 266 valence electrons. The summed E-state index contributed by atoms with van der Waals surface area (Å²) in [5.74, 6) is -1.33. The Hall–Kier alpha value is -5.11. The third-order valence-electron chi connectivity index (χ3n) is 10.7. The first-order chi connectivity index (χ1) is 24.3. The first-order valence-corrected chi connectivity index (χ1v) is 17.9. The monoisotopic (exact) mass is 689 g/mol. The normalized spacial score (nSPS) is 18.7. The lowest BCUT2D eigenvalue weighted by Gasteiger charge is -2.42. The van der Waals surface area contributed by atoms with Crippen LogP contribution in [0.4, 0.5) is 0 Å². The standard InChI is InChI=1S/C25H38O5.C18H10N2O/c1-17(10-7-11-20(24(29)30)16-23(27)28)8-6-9-18(2)12-13-21-19(3)22(26)14-15-25(21,4)5;21-18-13-6-2-4-8-15(13)20-10-9-12-11-5-1-3-7-14(11)19-16(12)17(18)20/h9-10,16,19,21H,6-8,11-15H2,1-5H3,(H,27,28)(H,29,30);1-10H/p+1/b17-10+,18-9+,20-16-;. The molecule has 1 aliphatic heterocycles. The highest BCUT2D eigenvalue weighted by Crippen LogP contribution is 2.45. The van der Waals surface area contributed by atoms with Crippen LogP contribution in [0.1, 0.15) is 102 Å². The Kier molecular flexibility index (Phi) is 11.5. The van der Waals surface area contributed by atoms with Crippen molar-refractivity contribution < 1.29 is 34.0 Å². The van der Waals surface area contributed by atoms with E-state index >= 15 is 0 Å². The van der Waals surface area contributed by atoms with E-state index in [0.717, 1.165) is 76.9 Å². The number of para-hydroxylation sites is 2. The predicted molar refractivity (Wildman–Crippen MR) is 200 cm³/mol. The number of Topliss-reactive ketones (excluding diaryl/α,β-unsaturated/α-hetero) is 1. The number of rotatable bonds is 11. The third-order valence-corrected chi connectivity index (χ3v) is 10.7. The van der Waals surface area contributed by atoms with Gasteiger partial charge in [0.25, 0.3) is 11.5 Å². The van der Waals surface area contributed by atoms with Crippen molar-refractivity contribution in [1.29, 1.82) is 0 Å². The molecule has 3 N–H and O–H groups in total. The lowest BCUT2D eigenvalue weighted by molar-refractivity contribution is -0.592. The molecular weight excluding hydrogens is 640 g/mol. The van der Waals surface area contributed by atoms with Crippen LogP contribution in [-0.2, 0) is 14.4 Å². The third kappa shape index (κ3) is 8.44. The first kappa shape index (κ1) is 37.2. The van der Waals surface area contributed by atoms with E-state index in [-0.39, 0.29) is 29.1 Å². The fourth-order valence-corrected chi connectivity index (χ4v) is 7.69. The van der Waals surface area contributed by atoms with Gasteiger partial charge in [-0.2, -0.15) is 4.57 Å². The Morgan fingerprint density at radius 3 is 2.29 bits per heavy atom. The summed E-state index contributed by atoms with van der Waals surface area (Å²) in [6, 6.07) is 18.0. The number of fused-ring (bicyclic) bond motifs is 7. The largest absolute Gasteiger partial charge is 0.478 e. The average Bonchev–Trinajstić information content (AvgIpc) is 3.61. The Bertz CT molecular complexity index is 2080. The quantitative estimate of drug-likeness (QED) is 0.0721. The van der Waals surface area contributed by atoms with Crippen molar-refractivity contribution in [2.24, 2.45) is 17.3 Å². The highest BCUT2D eigenvalue weighted by Gasteiger charge is 2.40. The lowest BCUT2D eigenvalue weighted by Crippen LogP contribution is -2.38. The summed E-state index contributed by atoms with van der Waals surface area (Å²) in [6.07, 6.45) is 13.3. The van der Waals surface area contributed by atoms with Crippen LogP contribution < -0.4 is 4.57 Å². The van der Waals surface area contributed by atoms with Crippen molar-refractivity contribution in [2.75, 3.05) is 0 Å². The van der Waals surface area contributed by atoms with Crippen LogP contribution in [0.3, 0.4) is 0 Å². The Labute approximate surface area is 299 Å². The molecule has 1 saturated carbocycles. The van der Waals surface area contributed by atoms with Gasteiger partial charge in [-0.1, -0.05) is 74.4 Å². The molecule has 0 bridgehead atoms. The number of H-pyrrole nitrogens is 1. The summed E-state index contributed by atoms with van der Waals surface area (Å²) in [7, 11) is 0. The summed E-state index contributed by atoms with van der Waals surface area (Å²) in [4.78, 5) is 50.0. The van der Waals surface area contributed by atoms with Gasteiger partial charge in [0, 0.05) is 52.4 Å². The van der Waals surface area contributed by atoms with Crippen LogP contribution in [0.25, 0.3) is 27.5 Å². The van der Waals surface area contributed by atoms with Crippen molar-refractivity contribution in [3.63, 3.8) is 0 Å². The molecule has 4 aromatic rings. The van der Waals surface area contributed by atoms with Gasteiger partial charge in [-0.25, -0.2) is 9.59 Å². The number of ketones is 2. The molecule has 1 aliphatic carbocycles. The van der Waals surface area contributed by atoms with Gasteiger partial charge < -0.3 is 15.2 Å². The van der Waals surface area contributed by atoms with Gasteiger partial charge in [0.05, 0.1) is 0 Å². The molecule has 3 heterocycles. The van der Waals surface area contributed by atoms with Crippen LogP contribution in [0, 0.1) is 17.3 Å². The van der Waals surface area contributed by atoms with Crippen LogP contribution >= 0.6 is 0 Å². The van der Waals surface area contributed by atoms with E-state index in [1.807, 2.05) is 66.2 Å². The zero-order valence-electron chi connectivity index (χ0n) is 30.3. The van der Waals surface area contributed by atoms with Crippen molar-refractivity contribution in [2.45, 2.75) is 86.0 Å². The van der Waals surface area contributed by atoms with Crippen LogP contribution in [0.5, 0.6) is 0 Å². The van der Waals surface area contributed by atoms with E-state index in [0.29, 0.717) is 24.5 Å². The van der Waals surface area contributed by atoms with Gasteiger partial charge in [-0.3, -0.25) is 9.59 Å². The lowest BCUT2D eigenvalue weighted by atomic mass is 9.62. The molecule has 2 aromatic carbocycles. The van der Waals surface area contributed by atoms with Crippen molar-refractivity contribution in [3.8, 4) is 5.69 Å². The molecule has 1 fully saturated rings. The molecule has 2 aliphatic rings. The summed E-state index contributed by atoms with van der Waals surface area (Å²) in [5, 5.41) is 20.0. The summed E-state index contributed by atoms with van der Waals surface area (Å²) in [6.45, 7) is 10.8. The molecule has 0 radical (unpaired) electrons. The number of nitrogens with one attached hydrogen (secondary N) is 1. The molecule has 2 unspecified atom stereocenters. The topological polar surface area (TPSA) is 128 Å². The van der Waals surface area contributed by atoms with Crippen LogP contribution in [0.15, 0.2) is 95.7 Å². The zero-order chi connectivity index (χ0) is 36.9. The number of pyridine rings is 1. The van der Waals surface area contributed by atoms with Gasteiger partial charge in [0.2, 0.25) is 5.69 Å². The number of hydrogen-bond donors (Lipinski definition) is 3. The summed E-state index contributed by atoms with van der Waals surface area (Å²) in [5.41, 5.74) is 7.09. The zero-order valence-corrected chi connectivity index (χ0v) is 30.3. The van der Waals surface area contributed by atoms with Gasteiger partial charge >= 0.3 is 11.9 Å². The Balaban J connectivity index is 0.000000207. The maximum absolute atomic E-state index is 12.7. The number of carbonyl (C=O) groups excluding carboxylic acids is 2. The minimum absolute atomic E-state index is 0.0827. The molecule has 0 saturated heterocycles. The highest BCUT2D eigenvalue weighted by molar-refractivity contribution is 6.20. The number of aromatic amines is 1. The fraction of sp³-hybridized carbons (Fsp3) is 0.372. The van der Waals surface area contributed by atoms with E-state index < -0.39 is 11.9 Å². The molecule has 6 rings (SSSR count). The van der Waals surface area contributed by atoms with Gasteiger partial charge in [-0.15, -0.1) is 0 Å². The van der Waals surface area contributed by atoms with Crippen LogP contribution in [0.2, 0.25) is 0 Å². The number of carbonyl (C=O) groups is 4. The van der Waals surface area contributed by atoms with E-state index in [1.165, 1.54) is 11.1 Å². The van der Waals surface area contributed by atoms with Crippen LogP contribution in [-0.4, -0.2) is 38.7 Å². The summed E-state index contributed by atoms with van der Waals surface area (Å²) >= 11 is 0. The molecule has 0 amide bonds. The number of nitrogens with zero attached hydrogens (tertiary/aromatic N) is 1. The average molecular weight is 690 g/mol. The number of aromatic nitrogens is 2. The minimum Gasteiger partial charge on any atom is -0.478 e. The van der Waals surface area contributed by atoms with E-state index in [9.17, 15) is 19.2 Å². The van der Waals surface area contributed by atoms with Crippen molar-refractivity contribution in [3.05, 3.63) is 107 Å². The molecule has 51 heavy (non-hydrogen) atoms. The molecule has 2 atom stereocenters. The van der Waals surface area contributed by atoms with Gasteiger partial charge in [0.15, 0.2) is 6.20 Å². The second-order valence-corrected chi connectivity index (χ2v) is 14.7. The number of allylic oxidation sites excluding steroid dienone is 4. The molecular formula is C43H49N2O6+. The second-order valence-electron chi connectivity index (χ2n) is 14.7. The number of carboxylic acids is 2. The van der Waals surface area contributed by atoms with E-state index in [4.69, 9.17) is 10.2 Å². The maximum Gasteiger partial charge on any atom is 0.331 e. The molecule has 2 aromatic heterocycles. The van der Waals surface area contributed by atoms with Gasteiger partial charge in [-0.05, 0) is 82.3 Å². The number of benzene rings is 2. The molecule has 8 nitrogen and oxygen atoms in total. The Morgan fingerprint density at radius 1 is 0.902 bits per heavy atom. The SMILES string of the molecule is C/C(=C\CC/C(=C/C(=O)O)C(=O)O)CC/C=C(\C)CCC1C(C)C(=O)CCC1(C)C.O=C1c2ccccc2-[n+]2ccc3c([nH]c4ccccc43)c21. The highest BCUT2D eigenvalue weighted by atomic mass is 16.4. The van der Waals surface area contributed by atoms with E-state index in [2.05, 4.69) is 50.9 Å². The summed E-state index contributed by atoms with van der Waals surface area (Å²) < 4.78 is 1.98. The number of hydrogen-bond acceptors (Lipinski definition) is 4.